The van der Waals surface area contributed by atoms with Crippen LogP contribution in [0.2, 0.25) is 0 Å². The molecule has 0 saturated carbocycles. The molecule has 5 nitrogen and oxygen atoms in total. The number of nitrogens with two attached hydrogens (primary N) is 1. The van der Waals surface area contributed by atoms with Crippen LogP contribution in [0.1, 0.15) is 13.8 Å². The molecular formula is C9H18F3N3O2. The Bertz CT molecular complexity index is 267. The second-order valence-corrected chi connectivity index (χ2v) is 4.32. The minimum Gasteiger partial charge on any atom is -0.409 e. The maximum absolute atomic E-state index is 12.6. The average Bonchev–Trinajstić information content (AvgIpc) is 2.15. The molecule has 0 aromatic heterocycles. The van der Waals surface area contributed by atoms with Gasteiger partial charge in [-0.1, -0.05) is 5.16 Å². The lowest BCUT2D eigenvalue weighted by Crippen LogP contribution is -2.50. The third kappa shape index (κ3) is 5.73. The molecule has 0 amide bonds. The molecule has 0 rings (SSSR count). The van der Waals surface area contributed by atoms with Crippen molar-refractivity contribution in [2.75, 3.05) is 20.3 Å². The largest absolute Gasteiger partial charge is 0.409 e. The van der Waals surface area contributed by atoms with E-state index in [2.05, 4.69) is 10.5 Å². The number of nitrogens with zero attached hydrogens (tertiary/aromatic N) is 1. The van der Waals surface area contributed by atoms with Gasteiger partial charge in [0.2, 0.25) is 0 Å². The van der Waals surface area contributed by atoms with E-state index >= 15 is 0 Å². The van der Waals surface area contributed by atoms with E-state index in [0.29, 0.717) is 0 Å². The molecule has 0 spiro atoms. The van der Waals surface area contributed by atoms with Crippen molar-refractivity contribution in [2.45, 2.75) is 25.6 Å². The van der Waals surface area contributed by atoms with E-state index in [1.165, 1.54) is 7.11 Å². The van der Waals surface area contributed by atoms with Crippen LogP contribution in [-0.2, 0) is 4.74 Å². The molecule has 0 radical (unpaired) electrons. The van der Waals surface area contributed by atoms with Crippen molar-refractivity contribution < 1.29 is 23.1 Å². The standard InChI is InChI=1S/C9H18F3N3O2/c1-8(2,5-17-3)14-4-6(7(13)15-16)9(10,11)12/h6,14,16H,4-5H2,1-3H3,(H2,13,15). The van der Waals surface area contributed by atoms with Gasteiger partial charge in [0.25, 0.3) is 0 Å². The summed E-state index contributed by atoms with van der Waals surface area (Å²) in [6.07, 6.45) is -4.56. The van der Waals surface area contributed by atoms with Gasteiger partial charge in [-0.3, -0.25) is 0 Å². The Labute approximate surface area is 97.8 Å². The predicted molar refractivity (Wildman–Crippen MR) is 56.9 cm³/mol. The van der Waals surface area contributed by atoms with Crippen molar-refractivity contribution in [3.8, 4) is 0 Å². The molecule has 0 fully saturated rings. The lowest BCUT2D eigenvalue weighted by Gasteiger charge is -2.28. The van der Waals surface area contributed by atoms with Crippen molar-refractivity contribution in [1.82, 2.24) is 5.32 Å². The molecule has 0 saturated heterocycles. The van der Waals surface area contributed by atoms with Gasteiger partial charge in [0.15, 0.2) is 5.84 Å². The first-order chi connectivity index (χ1) is 7.64. The van der Waals surface area contributed by atoms with Gasteiger partial charge in [-0.25, -0.2) is 0 Å². The first kappa shape index (κ1) is 16.0. The molecular weight excluding hydrogens is 239 g/mol. The van der Waals surface area contributed by atoms with Gasteiger partial charge < -0.3 is 21.0 Å². The number of halogens is 3. The average molecular weight is 257 g/mol. The van der Waals surface area contributed by atoms with Gasteiger partial charge in [-0.05, 0) is 13.8 Å². The van der Waals surface area contributed by atoms with Crippen molar-refractivity contribution >= 4 is 5.84 Å². The summed E-state index contributed by atoms with van der Waals surface area (Å²) in [6.45, 7) is 3.15. The monoisotopic (exact) mass is 257 g/mol. The van der Waals surface area contributed by atoms with Crippen LogP contribution in [0.3, 0.4) is 0 Å². The van der Waals surface area contributed by atoms with Crippen LogP contribution < -0.4 is 11.1 Å². The maximum atomic E-state index is 12.6. The summed E-state index contributed by atoms with van der Waals surface area (Å²) in [4.78, 5) is 0. The van der Waals surface area contributed by atoms with Gasteiger partial charge in [0.1, 0.15) is 5.92 Å². The van der Waals surface area contributed by atoms with Gasteiger partial charge in [-0.15, -0.1) is 0 Å². The fraction of sp³-hybridized carbons (Fsp3) is 0.889. The zero-order chi connectivity index (χ0) is 13.7. The van der Waals surface area contributed by atoms with Crippen LogP contribution in [0.15, 0.2) is 5.16 Å². The summed E-state index contributed by atoms with van der Waals surface area (Å²) < 4.78 is 42.6. The highest BCUT2D eigenvalue weighted by Gasteiger charge is 2.43. The Morgan fingerprint density at radius 1 is 1.47 bits per heavy atom. The van der Waals surface area contributed by atoms with Crippen molar-refractivity contribution in [3.63, 3.8) is 0 Å². The summed E-state index contributed by atoms with van der Waals surface area (Å²) in [5.41, 5.74) is 4.38. The molecule has 0 aromatic rings. The van der Waals surface area contributed by atoms with Crippen LogP contribution in [0.25, 0.3) is 0 Å². The Kier molecular flexibility index (Phi) is 5.70. The number of oxime groups is 1. The number of hydrogen-bond donors (Lipinski definition) is 3. The first-order valence-corrected chi connectivity index (χ1v) is 4.92. The Morgan fingerprint density at radius 2 is 2.00 bits per heavy atom. The Hall–Kier alpha value is -1.02. The van der Waals surface area contributed by atoms with Gasteiger partial charge in [0.05, 0.1) is 6.61 Å². The third-order valence-electron chi connectivity index (χ3n) is 2.16. The van der Waals surface area contributed by atoms with Crippen molar-refractivity contribution in [2.24, 2.45) is 16.8 Å². The minimum absolute atomic E-state index is 0.244. The number of amidine groups is 1. The van der Waals surface area contributed by atoms with Crippen LogP contribution in [0, 0.1) is 5.92 Å². The lowest BCUT2D eigenvalue weighted by molar-refractivity contribution is -0.155. The smallest absolute Gasteiger partial charge is 0.400 e. The molecule has 8 heteroatoms. The number of methoxy groups -OCH3 is 1. The van der Waals surface area contributed by atoms with Gasteiger partial charge in [-0.2, -0.15) is 13.2 Å². The zero-order valence-electron chi connectivity index (χ0n) is 10.0. The van der Waals surface area contributed by atoms with Crippen LogP contribution in [0.5, 0.6) is 0 Å². The van der Waals surface area contributed by atoms with E-state index in [1.54, 1.807) is 13.8 Å². The maximum Gasteiger partial charge on any atom is 0.400 e. The molecule has 0 aromatic carbocycles. The second kappa shape index (κ2) is 6.06. The third-order valence-corrected chi connectivity index (χ3v) is 2.16. The quantitative estimate of drug-likeness (QED) is 0.286. The van der Waals surface area contributed by atoms with E-state index in [-0.39, 0.29) is 6.61 Å². The van der Waals surface area contributed by atoms with Gasteiger partial charge >= 0.3 is 6.18 Å². The fourth-order valence-electron chi connectivity index (χ4n) is 1.25. The minimum atomic E-state index is -4.56. The number of ether oxygens (including phenoxy) is 1. The molecule has 0 bridgehead atoms. The summed E-state index contributed by atoms with van der Waals surface area (Å²) in [6, 6.07) is 0. The molecule has 0 aliphatic heterocycles. The van der Waals surface area contributed by atoms with Gasteiger partial charge in [0, 0.05) is 19.2 Å². The number of nitrogens with one attached hydrogen (secondary N) is 1. The van der Waals surface area contributed by atoms with E-state index in [4.69, 9.17) is 15.7 Å². The molecule has 0 aliphatic carbocycles. The highest BCUT2D eigenvalue weighted by molar-refractivity contribution is 5.83. The zero-order valence-corrected chi connectivity index (χ0v) is 10.0. The summed E-state index contributed by atoms with van der Waals surface area (Å²) in [5.74, 6) is -2.89. The number of alkyl halides is 3. The van der Waals surface area contributed by atoms with Crippen LogP contribution in [0.4, 0.5) is 13.2 Å². The normalized spacial score (nSPS) is 16.0. The predicted octanol–water partition coefficient (Wildman–Crippen LogP) is 0.926. The Morgan fingerprint density at radius 3 is 2.35 bits per heavy atom. The molecule has 17 heavy (non-hydrogen) atoms. The molecule has 4 N–H and O–H groups in total. The summed E-state index contributed by atoms with van der Waals surface area (Å²) in [7, 11) is 1.45. The topological polar surface area (TPSA) is 79.9 Å². The molecule has 1 unspecified atom stereocenters. The van der Waals surface area contributed by atoms with E-state index in [0.717, 1.165) is 0 Å². The first-order valence-electron chi connectivity index (χ1n) is 4.92. The fourth-order valence-corrected chi connectivity index (χ4v) is 1.25. The summed E-state index contributed by atoms with van der Waals surface area (Å²) in [5, 5.41) is 13.4. The number of hydrogen-bond acceptors (Lipinski definition) is 4. The van der Waals surface area contributed by atoms with Crippen molar-refractivity contribution in [1.29, 1.82) is 0 Å². The molecule has 102 valence electrons. The summed E-state index contributed by atoms with van der Waals surface area (Å²) >= 11 is 0. The SMILES string of the molecule is COCC(C)(C)NCC(C(N)=NO)C(F)(F)F. The molecule has 0 heterocycles. The van der Waals surface area contributed by atoms with E-state index in [1.807, 2.05) is 0 Å². The highest BCUT2D eigenvalue weighted by atomic mass is 19.4. The van der Waals surface area contributed by atoms with Crippen LogP contribution in [-0.4, -0.2) is 43.0 Å². The van der Waals surface area contributed by atoms with E-state index in [9.17, 15) is 13.2 Å². The molecule has 1 atom stereocenters. The van der Waals surface area contributed by atoms with Crippen LogP contribution >= 0.6 is 0 Å². The number of rotatable bonds is 6. The highest BCUT2D eigenvalue weighted by Crippen LogP contribution is 2.26. The lowest BCUT2D eigenvalue weighted by atomic mass is 10.0. The van der Waals surface area contributed by atoms with E-state index < -0.39 is 30.0 Å². The van der Waals surface area contributed by atoms with Crippen molar-refractivity contribution in [3.05, 3.63) is 0 Å². The molecule has 0 aliphatic rings. The Balaban J connectivity index is 4.58. The second-order valence-electron chi connectivity index (χ2n) is 4.32.